The molecule has 2 aromatic heterocycles. The average Bonchev–Trinajstić information content (AvgIpc) is 3.47. The van der Waals surface area contributed by atoms with Crippen LogP contribution in [0.15, 0.2) is 59.4 Å². The molecule has 1 atom stereocenters. The molecule has 2 aliphatic carbocycles. The Morgan fingerprint density at radius 2 is 1.62 bits per heavy atom. The summed E-state index contributed by atoms with van der Waals surface area (Å²) in [6, 6.07) is 15.8. The van der Waals surface area contributed by atoms with Gasteiger partial charge in [-0.1, -0.05) is 30.3 Å². The number of aromatic nitrogens is 3. The monoisotopic (exact) mass is 723 g/mol. The largest absolute Gasteiger partial charge is 0.444 e. The SMILES string of the molecule is Cc1nc(C(=O)NC2CCC2)ccc1-c1ccc(C[C@H](NC(=O)C2CCC(CNC(=O)OC(C)(C)C)CC2)C(=O)Nc2ccc3[nH]c(=O)[nH]c3c2)cc1. The van der Waals surface area contributed by atoms with Crippen LogP contribution in [0.3, 0.4) is 0 Å². The smallest absolute Gasteiger partial charge is 0.407 e. The molecule has 53 heavy (non-hydrogen) atoms. The minimum absolute atomic E-state index is 0.157. The number of amides is 4. The van der Waals surface area contributed by atoms with Gasteiger partial charge in [0.1, 0.15) is 17.3 Å². The summed E-state index contributed by atoms with van der Waals surface area (Å²) in [6.45, 7) is 7.82. The molecular weight excluding hydrogens is 674 g/mol. The highest BCUT2D eigenvalue weighted by Crippen LogP contribution is 2.29. The summed E-state index contributed by atoms with van der Waals surface area (Å²) in [5, 5.41) is 11.8. The van der Waals surface area contributed by atoms with E-state index >= 15 is 0 Å². The first-order chi connectivity index (χ1) is 25.3. The lowest BCUT2D eigenvalue weighted by Crippen LogP contribution is -2.48. The standard InChI is InChI=1S/C40H49N7O6/c1-23-30(17-19-32(42-23)36(49)43-28-6-5-7-28)26-12-8-24(9-13-26)20-34(37(50)44-29-16-18-31-33(21-29)47-38(51)46-31)45-35(48)27-14-10-25(11-15-27)22-41-39(52)53-40(2,3)4/h8-9,12-13,16-19,21,25,27-28,34H,5-7,10-11,14-15,20,22H2,1-4H3,(H,41,52)(H,43,49)(H,44,50)(H,45,48)(H2,46,47,51)/t25?,27?,34-/m0/s1. The molecular formula is C40H49N7O6. The zero-order chi connectivity index (χ0) is 37.7. The fourth-order valence-corrected chi connectivity index (χ4v) is 6.87. The van der Waals surface area contributed by atoms with Crippen molar-refractivity contribution in [2.75, 3.05) is 11.9 Å². The van der Waals surface area contributed by atoms with Gasteiger partial charge in [0, 0.05) is 41.9 Å². The number of nitrogens with one attached hydrogen (secondary N) is 6. The number of hydrogen-bond donors (Lipinski definition) is 6. The van der Waals surface area contributed by atoms with Crippen LogP contribution in [0, 0.1) is 18.8 Å². The van der Waals surface area contributed by atoms with Gasteiger partial charge in [0.05, 0.1) is 11.0 Å². The Bertz CT molecular complexity index is 2020. The maximum atomic E-state index is 13.8. The first-order valence-corrected chi connectivity index (χ1v) is 18.5. The number of rotatable bonds is 11. The number of ether oxygens (including phenoxy) is 1. The van der Waals surface area contributed by atoms with E-state index in [0.29, 0.717) is 41.8 Å². The molecule has 0 bridgehead atoms. The molecule has 0 radical (unpaired) electrons. The average molecular weight is 724 g/mol. The molecule has 2 saturated carbocycles. The number of nitrogens with zero attached hydrogens (tertiary/aromatic N) is 1. The second-order valence-corrected chi connectivity index (χ2v) is 15.3. The van der Waals surface area contributed by atoms with E-state index in [0.717, 1.165) is 54.5 Å². The minimum Gasteiger partial charge on any atom is -0.444 e. The van der Waals surface area contributed by atoms with Crippen molar-refractivity contribution < 1.29 is 23.9 Å². The number of pyridine rings is 1. The number of H-pyrrole nitrogens is 2. The van der Waals surface area contributed by atoms with Gasteiger partial charge in [-0.2, -0.15) is 0 Å². The predicted molar refractivity (Wildman–Crippen MR) is 202 cm³/mol. The molecule has 0 spiro atoms. The Balaban J connectivity index is 1.11. The number of aromatic amines is 2. The Hall–Kier alpha value is -5.46. The number of carbonyl (C=O) groups excluding carboxylic acids is 4. The van der Waals surface area contributed by atoms with Gasteiger partial charge in [-0.3, -0.25) is 14.4 Å². The molecule has 6 rings (SSSR count). The van der Waals surface area contributed by atoms with Gasteiger partial charge in [-0.25, -0.2) is 14.6 Å². The highest BCUT2D eigenvalue weighted by Gasteiger charge is 2.30. The van der Waals surface area contributed by atoms with Gasteiger partial charge in [0.2, 0.25) is 11.8 Å². The van der Waals surface area contributed by atoms with Crippen molar-refractivity contribution in [2.24, 2.45) is 11.8 Å². The van der Waals surface area contributed by atoms with Gasteiger partial charge < -0.3 is 36.0 Å². The molecule has 2 aliphatic rings. The Morgan fingerprint density at radius 3 is 2.28 bits per heavy atom. The van der Waals surface area contributed by atoms with E-state index in [-0.39, 0.29) is 47.7 Å². The summed E-state index contributed by atoms with van der Waals surface area (Å²) in [5.41, 5.74) is 4.53. The topological polar surface area (TPSA) is 187 Å². The molecule has 280 valence electrons. The zero-order valence-electron chi connectivity index (χ0n) is 30.8. The van der Waals surface area contributed by atoms with Crippen LogP contribution < -0.4 is 27.0 Å². The second-order valence-electron chi connectivity index (χ2n) is 15.3. The summed E-state index contributed by atoms with van der Waals surface area (Å²) in [6.07, 6.45) is 5.75. The summed E-state index contributed by atoms with van der Waals surface area (Å²) >= 11 is 0. The molecule has 0 aliphatic heterocycles. The van der Waals surface area contributed by atoms with Gasteiger partial charge in [0.25, 0.3) is 5.91 Å². The van der Waals surface area contributed by atoms with Gasteiger partial charge in [-0.15, -0.1) is 0 Å². The number of benzene rings is 2. The van der Waals surface area contributed by atoms with Crippen LogP contribution in [0.4, 0.5) is 10.5 Å². The van der Waals surface area contributed by atoms with Crippen LogP contribution in [-0.4, -0.2) is 63.0 Å². The number of alkyl carbamates (subject to hydrolysis) is 1. The number of anilines is 1. The highest BCUT2D eigenvalue weighted by molar-refractivity contribution is 5.99. The second kappa shape index (κ2) is 16.1. The van der Waals surface area contributed by atoms with Crippen molar-refractivity contribution in [1.82, 2.24) is 30.9 Å². The van der Waals surface area contributed by atoms with Crippen molar-refractivity contribution in [3.63, 3.8) is 0 Å². The summed E-state index contributed by atoms with van der Waals surface area (Å²) in [5.74, 6) is -0.755. The Kier molecular flexibility index (Phi) is 11.3. The first kappa shape index (κ1) is 37.3. The van der Waals surface area contributed by atoms with E-state index in [9.17, 15) is 24.0 Å². The van der Waals surface area contributed by atoms with Crippen molar-refractivity contribution in [3.8, 4) is 11.1 Å². The first-order valence-electron chi connectivity index (χ1n) is 18.5. The van der Waals surface area contributed by atoms with Crippen LogP contribution in [0.1, 0.15) is 87.5 Å². The predicted octanol–water partition coefficient (Wildman–Crippen LogP) is 5.51. The zero-order valence-corrected chi connectivity index (χ0v) is 30.8. The van der Waals surface area contributed by atoms with Crippen molar-refractivity contribution >= 4 is 40.5 Å². The molecule has 2 fully saturated rings. The molecule has 4 aromatic rings. The summed E-state index contributed by atoms with van der Waals surface area (Å²) < 4.78 is 5.34. The lowest BCUT2D eigenvalue weighted by molar-refractivity contribution is -0.130. The third-order valence-electron chi connectivity index (χ3n) is 10.0. The lowest BCUT2D eigenvalue weighted by Gasteiger charge is -2.29. The van der Waals surface area contributed by atoms with E-state index < -0.39 is 17.7 Å². The normalized spacial score (nSPS) is 18.0. The van der Waals surface area contributed by atoms with Crippen LogP contribution in [0.5, 0.6) is 0 Å². The van der Waals surface area contributed by atoms with E-state index in [1.165, 1.54) is 0 Å². The van der Waals surface area contributed by atoms with Crippen molar-refractivity contribution in [1.29, 1.82) is 0 Å². The van der Waals surface area contributed by atoms with E-state index in [1.807, 2.05) is 58.0 Å². The minimum atomic E-state index is -0.877. The third kappa shape index (κ3) is 9.91. The molecule has 2 heterocycles. The fraction of sp³-hybridized carbons (Fsp3) is 0.450. The molecule has 13 heteroatoms. The third-order valence-corrected chi connectivity index (χ3v) is 10.0. The summed E-state index contributed by atoms with van der Waals surface area (Å²) in [4.78, 5) is 73.9. The van der Waals surface area contributed by atoms with Crippen LogP contribution in [0.25, 0.3) is 22.2 Å². The highest BCUT2D eigenvalue weighted by atomic mass is 16.6. The Morgan fingerprint density at radius 1 is 0.906 bits per heavy atom. The number of carbonyl (C=O) groups is 4. The molecule has 6 N–H and O–H groups in total. The number of hydrogen-bond acceptors (Lipinski definition) is 7. The molecule has 4 amide bonds. The van der Waals surface area contributed by atoms with Gasteiger partial charge in [-0.05, 0) is 114 Å². The summed E-state index contributed by atoms with van der Waals surface area (Å²) in [7, 11) is 0. The maximum Gasteiger partial charge on any atom is 0.407 e. The van der Waals surface area contributed by atoms with Gasteiger partial charge in [0.15, 0.2) is 0 Å². The number of aryl methyl sites for hydroxylation is 1. The van der Waals surface area contributed by atoms with Crippen LogP contribution in [-0.2, 0) is 20.7 Å². The molecule has 2 aromatic carbocycles. The van der Waals surface area contributed by atoms with Gasteiger partial charge >= 0.3 is 11.8 Å². The van der Waals surface area contributed by atoms with Crippen molar-refractivity contribution in [2.45, 2.75) is 96.7 Å². The van der Waals surface area contributed by atoms with E-state index in [4.69, 9.17) is 4.74 Å². The Labute approximate surface area is 308 Å². The molecule has 0 unspecified atom stereocenters. The van der Waals surface area contributed by atoms with Crippen molar-refractivity contribution in [3.05, 3.63) is 82.0 Å². The quantitative estimate of drug-likeness (QED) is 0.118. The molecule has 13 nitrogen and oxygen atoms in total. The maximum absolute atomic E-state index is 13.8. The van der Waals surface area contributed by atoms with E-state index in [1.54, 1.807) is 24.3 Å². The van der Waals surface area contributed by atoms with E-state index in [2.05, 4.69) is 36.2 Å². The number of imidazole rings is 1. The van der Waals surface area contributed by atoms with Crippen LogP contribution >= 0.6 is 0 Å². The van der Waals surface area contributed by atoms with Crippen LogP contribution in [0.2, 0.25) is 0 Å². The number of fused-ring (bicyclic) bond motifs is 1. The fourth-order valence-electron chi connectivity index (χ4n) is 6.87. The lowest BCUT2D eigenvalue weighted by atomic mass is 9.81. The molecule has 0 saturated heterocycles.